The second kappa shape index (κ2) is 7.15. The molecule has 0 fully saturated rings. The van der Waals surface area contributed by atoms with Crippen molar-refractivity contribution in [3.63, 3.8) is 0 Å². The summed E-state index contributed by atoms with van der Waals surface area (Å²) in [5, 5.41) is 4.81. The van der Waals surface area contributed by atoms with Gasteiger partial charge >= 0.3 is 0 Å². The molecule has 1 nitrogen and oxygen atoms in total. The first-order valence-corrected chi connectivity index (χ1v) is 6.61. The molecule has 84 valence electrons. The molecule has 1 N–H and O–H groups in total. The highest BCUT2D eigenvalue weighted by Crippen LogP contribution is 2.25. The average Bonchev–Trinajstić information content (AvgIpc) is 2.18. The summed E-state index contributed by atoms with van der Waals surface area (Å²) in [5.74, 6) is 0. The molecular formula is C12H18ClNS. The third kappa shape index (κ3) is 5.45. The third-order valence-electron chi connectivity index (χ3n) is 1.99. The highest BCUT2D eigenvalue weighted by molar-refractivity contribution is 8.00. The fourth-order valence-corrected chi connectivity index (χ4v) is 2.57. The molecule has 3 heteroatoms. The van der Waals surface area contributed by atoms with Crippen molar-refractivity contribution in [3.05, 3.63) is 29.3 Å². The lowest BCUT2D eigenvalue weighted by Crippen LogP contribution is -2.23. The van der Waals surface area contributed by atoms with Gasteiger partial charge in [-0.1, -0.05) is 31.5 Å². The maximum absolute atomic E-state index is 5.93. The van der Waals surface area contributed by atoms with Crippen molar-refractivity contribution in [2.75, 3.05) is 13.1 Å². The maximum atomic E-state index is 5.93. The molecule has 1 rings (SSSR count). The lowest BCUT2D eigenvalue weighted by Gasteiger charge is -2.11. The van der Waals surface area contributed by atoms with E-state index in [0.29, 0.717) is 5.25 Å². The van der Waals surface area contributed by atoms with Gasteiger partial charge in [-0.25, -0.2) is 0 Å². The smallest absolute Gasteiger partial charge is 0.0417 e. The molecule has 1 aromatic rings. The molecule has 0 amide bonds. The van der Waals surface area contributed by atoms with Gasteiger partial charge in [0.1, 0.15) is 0 Å². The van der Waals surface area contributed by atoms with Crippen molar-refractivity contribution in [1.82, 2.24) is 5.32 Å². The van der Waals surface area contributed by atoms with Crippen LogP contribution >= 0.6 is 23.4 Å². The zero-order valence-electron chi connectivity index (χ0n) is 9.29. The topological polar surface area (TPSA) is 12.0 Å². The Balaban J connectivity index is 2.34. The Morgan fingerprint density at radius 3 is 2.93 bits per heavy atom. The molecule has 0 heterocycles. The molecule has 15 heavy (non-hydrogen) atoms. The van der Waals surface area contributed by atoms with Crippen LogP contribution in [0.15, 0.2) is 29.2 Å². The molecule has 0 aromatic heterocycles. The molecule has 0 saturated heterocycles. The zero-order valence-corrected chi connectivity index (χ0v) is 10.9. The number of thioether (sulfide) groups is 1. The van der Waals surface area contributed by atoms with E-state index in [9.17, 15) is 0 Å². The van der Waals surface area contributed by atoms with Gasteiger partial charge in [-0.3, -0.25) is 0 Å². The minimum absolute atomic E-state index is 0.579. The predicted molar refractivity (Wildman–Crippen MR) is 69.9 cm³/mol. The summed E-state index contributed by atoms with van der Waals surface area (Å²) < 4.78 is 0. The van der Waals surface area contributed by atoms with Crippen LogP contribution < -0.4 is 5.32 Å². The van der Waals surface area contributed by atoms with Gasteiger partial charge in [0.25, 0.3) is 0 Å². The normalized spacial score (nSPS) is 12.7. The van der Waals surface area contributed by atoms with Gasteiger partial charge in [0.15, 0.2) is 0 Å². The zero-order chi connectivity index (χ0) is 11.1. The largest absolute Gasteiger partial charge is 0.316 e. The van der Waals surface area contributed by atoms with E-state index in [-0.39, 0.29) is 0 Å². The van der Waals surface area contributed by atoms with Gasteiger partial charge in [0.2, 0.25) is 0 Å². The first kappa shape index (κ1) is 12.9. The highest BCUT2D eigenvalue weighted by atomic mass is 35.5. The van der Waals surface area contributed by atoms with Crippen LogP contribution in [0.4, 0.5) is 0 Å². The second-order valence-electron chi connectivity index (χ2n) is 3.59. The van der Waals surface area contributed by atoms with Gasteiger partial charge in [-0.2, -0.15) is 0 Å². The molecule has 0 spiro atoms. The SMILES string of the molecule is CCCNCC(C)Sc1cccc(Cl)c1. The standard InChI is InChI=1S/C12H18ClNS/c1-3-7-14-9-10(2)15-12-6-4-5-11(13)8-12/h4-6,8,10,14H,3,7,9H2,1-2H3. The first-order valence-electron chi connectivity index (χ1n) is 5.35. The van der Waals surface area contributed by atoms with Gasteiger partial charge in [0, 0.05) is 21.7 Å². The van der Waals surface area contributed by atoms with Gasteiger partial charge in [-0.05, 0) is 31.2 Å². The van der Waals surface area contributed by atoms with E-state index in [1.54, 1.807) is 0 Å². The fourth-order valence-electron chi connectivity index (χ4n) is 1.30. The fraction of sp³-hybridized carbons (Fsp3) is 0.500. The van der Waals surface area contributed by atoms with Crippen molar-refractivity contribution in [2.45, 2.75) is 30.4 Å². The highest BCUT2D eigenvalue weighted by Gasteiger charge is 2.03. The maximum Gasteiger partial charge on any atom is 0.0417 e. The van der Waals surface area contributed by atoms with E-state index >= 15 is 0 Å². The Labute approximate surface area is 102 Å². The average molecular weight is 244 g/mol. The molecule has 1 unspecified atom stereocenters. The molecule has 0 aliphatic rings. The van der Waals surface area contributed by atoms with Crippen LogP contribution in [0, 0.1) is 0 Å². The Hall–Kier alpha value is -0.180. The van der Waals surface area contributed by atoms with Crippen molar-refractivity contribution in [3.8, 4) is 0 Å². The van der Waals surface area contributed by atoms with E-state index in [4.69, 9.17) is 11.6 Å². The number of benzene rings is 1. The molecule has 0 radical (unpaired) electrons. The number of halogens is 1. The third-order valence-corrected chi connectivity index (χ3v) is 3.32. The summed E-state index contributed by atoms with van der Waals surface area (Å²) in [4.78, 5) is 1.24. The van der Waals surface area contributed by atoms with Crippen LogP contribution in [-0.4, -0.2) is 18.3 Å². The van der Waals surface area contributed by atoms with Crippen LogP contribution in [0.25, 0.3) is 0 Å². The van der Waals surface area contributed by atoms with E-state index < -0.39 is 0 Å². The summed E-state index contributed by atoms with van der Waals surface area (Å²) in [5.41, 5.74) is 0. The molecule has 0 saturated carbocycles. The molecule has 0 aliphatic carbocycles. The number of hydrogen-bond acceptors (Lipinski definition) is 2. The Kier molecular flexibility index (Phi) is 6.15. The van der Waals surface area contributed by atoms with Crippen molar-refractivity contribution in [1.29, 1.82) is 0 Å². The van der Waals surface area contributed by atoms with E-state index in [2.05, 4.69) is 25.2 Å². The molecule has 1 atom stereocenters. The quantitative estimate of drug-likeness (QED) is 0.602. The van der Waals surface area contributed by atoms with Gasteiger partial charge in [0.05, 0.1) is 0 Å². The lowest BCUT2D eigenvalue weighted by molar-refractivity contribution is 0.669. The monoisotopic (exact) mass is 243 g/mol. The van der Waals surface area contributed by atoms with Crippen LogP contribution in [0.5, 0.6) is 0 Å². The Morgan fingerprint density at radius 2 is 2.27 bits per heavy atom. The lowest BCUT2D eigenvalue weighted by atomic mass is 10.4. The van der Waals surface area contributed by atoms with E-state index in [0.717, 1.165) is 18.1 Å². The van der Waals surface area contributed by atoms with Crippen LogP contribution in [0.1, 0.15) is 20.3 Å². The summed E-state index contributed by atoms with van der Waals surface area (Å²) in [6.45, 7) is 6.56. The molecular weight excluding hydrogens is 226 g/mol. The van der Waals surface area contributed by atoms with Crippen LogP contribution in [0.2, 0.25) is 5.02 Å². The van der Waals surface area contributed by atoms with Crippen LogP contribution in [0.3, 0.4) is 0 Å². The number of hydrogen-bond donors (Lipinski definition) is 1. The molecule has 1 aromatic carbocycles. The summed E-state index contributed by atoms with van der Waals surface area (Å²) in [6.07, 6.45) is 1.19. The first-order chi connectivity index (χ1) is 7.22. The van der Waals surface area contributed by atoms with Crippen molar-refractivity contribution >= 4 is 23.4 Å². The van der Waals surface area contributed by atoms with E-state index in [1.807, 2.05) is 30.0 Å². The Morgan fingerprint density at radius 1 is 1.47 bits per heavy atom. The Bertz CT molecular complexity index is 291. The molecule has 0 aliphatic heterocycles. The summed E-state index contributed by atoms with van der Waals surface area (Å²) >= 11 is 7.79. The number of rotatable bonds is 6. The second-order valence-corrected chi connectivity index (χ2v) is 5.54. The van der Waals surface area contributed by atoms with E-state index in [1.165, 1.54) is 11.3 Å². The molecule has 0 bridgehead atoms. The minimum atomic E-state index is 0.579. The summed E-state index contributed by atoms with van der Waals surface area (Å²) in [7, 11) is 0. The minimum Gasteiger partial charge on any atom is -0.316 e. The number of nitrogens with one attached hydrogen (secondary N) is 1. The summed E-state index contributed by atoms with van der Waals surface area (Å²) in [6, 6.07) is 8.03. The van der Waals surface area contributed by atoms with Gasteiger partial charge in [-0.15, -0.1) is 11.8 Å². The van der Waals surface area contributed by atoms with Crippen molar-refractivity contribution in [2.24, 2.45) is 0 Å². The van der Waals surface area contributed by atoms with Crippen molar-refractivity contribution < 1.29 is 0 Å². The van der Waals surface area contributed by atoms with Gasteiger partial charge < -0.3 is 5.32 Å². The predicted octanol–water partition coefficient (Wildman–Crippen LogP) is 3.82. The van der Waals surface area contributed by atoms with Crippen LogP contribution in [-0.2, 0) is 0 Å².